The number of carbonyl (C=O) groups excluding carboxylic acids is 1. The summed E-state index contributed by atoms with van der Waals surface area (Å²) >= 11 is 0. The lowest BCUT2D eigenvalue weighted by atomic mass is 9.89. The van der Waals surface area contributed by atoms with Gasteiger partial charge in [0.15, 0.2) is 0 Å². The molecule has 0 aromatic heterocycles. The Labute approximate surface area is 185 Å². The summed E-state index contributed by atoms with van der Waals surface area (Å²) in [6.45, 7) is 5.37. The second-order valence-corrected chi connectivity index (χ2v) is 7.37. The first-order valence-electron chi connectivity index (χ1n) is 9.73. The third-order valence-corrected chi connectivity index (χ3v) is 5.75. The molecule has 2 fully saturated rings. The Hall–Kier alpha value is -1.79. The summed E-state index contributed by atoms with van der Waals surface area (Å²) in [5.74, 6) is 0.720. The molecule has 5 nitrogen and oxygen atoms in total. The van der Waals surface area contributed by atoms with Crippen LogP contribution in [0.2, 0.25) is 0 Å². The molecule has 2 saturated heterocycles. The fourth-order valence-corrected chi connectivity index (χ4v) is 4.17. The summed E-state index contributed by atoms with van der Waals surface area (Å²) in [5, 5.41) is 0. The number of hydrogen-bond acceptors (Lipinski definition) is 4. The van der Waals surface area contributed by atoms with E-state index in [0.717, 1.165) is 50.6 Å². The normalized spacial score (nSPS) is 21.3. The molecule has 2 N–H and O–H groups in total. The number of amides is 1. The van der Waals surface area contributed by atoms with Crippen molar-refractivity contribution in [1.29, 1.82) is 0 Å². The van der Waals surface area contributed by atoms with Gasteiger partial charge in [-0.25, -0.2) is 0 Å². The predicted octanol–water partition coefficient (Wildman–Crippen LogP) is 3.18. The van der Waals surface area contributed by atoms with Gasteiger partial charge in [-0.15, -0.1) is 24.8 Å². The third kappa shape index (κ3) is 5.23. The highest BCUT2D eigenvalue weighted by Gasteiger charge is 2.35. The van der Waals surface area contributed by atoms with E-state index < -0.39 is 0 Å². The lowest BCUT2D eigenvalue weighted by Gasteiger charge is -2.29. The number of carbonyl (C=O) groups is 1. The molecule has 158 valence electrons. The van der Waals surface area contributed by atoms with Crippen LogP contribution < -0.4 is 10.6 Å². The molecule has 29 heavy (non-hydrogen) atoms. The minimum atomic E-state index is 0. The fourth-order valence-electron chi connectivity index (χ4n) is 4.17. The first-order valence-corrected chi connectivity index (χ1v) is 9.73. The Morgan fingerprint density at radius 1 is 0.966 bits per heavy atom. The number of halogens is 2. The van der Waals surface area contributed by atoms with E-state index in [1.165, 1.54) is 5.56 Å². The summed E-state index contributed by atoms with van der Waals surface area (Å²) < 4.78 is 5.41. The molecular formula is C22H29Cl2N3O2. The molecule has 2 aromatic carbocycles. The first kappa shape index (κ1) is 23.5. The van der Waals surface area contributed by atoms with E-state index in [4.69, 9.17) is 10.5 Å². The van der Waals surface area contributed by atoms with E-state index in [1.807, 2.05) is 35.2 Å². The van der Waals surface area contributed by atoms with Crippen molar-refractivity contribution in [3.8, 4) is 0 Å². The topological polar surface area (TPSA) is 58.8 Å². The number of likely N-dealkylation sites (tertiary alicyclic amines) is 1. The van der Waals surface area contributed by atoms with E-state index in [2.05, 4.69) is 29.2 Å². The van der Waals surface area contributed by atoms with Crippen molar-refractivity contribution >= 4 is 36.4 Å². The number of anilines is 1. The van der Waals surface area contributed by atoms with Crippen molar-refractivity contribution in [2.24, 2.45) is 11.7 Å². The number of morpholine rings is 1. The standard InChI is InChI=1S/C22H27N3O2.2ClH/c23-14-19-15-25(16-21(19)17-4-2-1-3-5-17)22(26)18-6-8-20(9-7-18)24-10-12-27-13-11-24;;/h1-9,19,21H,10-16,23H2;2*1H/t19-,21+;;/m1../s1. The van der Waals surface area contributed by atoms with Gasteiger partial charge >= 0.3 is 0 Å². The Kier molecular flexibility index (Phi) is 8.78. The second-order valence-electron chi connectivity index (χ2n) is 7.37. The second kappa shape index (κ2) is 10.8. The highest BCUT2D eigenvalue weighted by molar-refractivity contribution is 5.94. The molecule has 0 spiro atoms. The highest BCUT2D eigenvalue weighted by Crippen LogP contribution is 2.33. The van der Waals surface area contributed by atoms with Crippen LogP contribution in [-0.4, -0.2) is 56.7 Å². The van der Waals surface area contributed by atoms with Crippen LogP contribution in [0.5, 0.6) is 0 Å². The van der Waals surface area contributed by atoms with E-state index in [-0.39, 0.29) is 30.7 Å². The number of hydrogen-bond donors (Lipinski definition) is 1. The van der Waals surface area contributed by atoms with Crippen LogP contribution in [0.1, 0.15) is 21.8 Å². The zero-order valence-electron chi connectivity index (χ0n) is 16.4. The lowest BCUT2D eigenvalue weighted by Crippen LogP contribution is -2.36. The summed E-state index contributed by atoms with van der Waals surface area (Å²) in [5.41, 5.74) is 9.18. The number of nitrogens with two attached hydrogens (primary N) is 1. The average molecular weight is 438 g/mol. The van der Waals surface area contributed by atoms with Crippen molar-refractivity contribution in [3.05, 3.63) is 65.7 Å². The molecule has 0 aliphatic carbocycles. The molecule has 4 rings (SSSR count). The predicted molar refractivity (Wildman–Crippen MR) is 122 cm³/mol. The number of rotatable bonds is 4. The van der Waals surface area contributed by atoms with Crippen LogP contribution in [0.25, 0.3) is 0 Å². The largest absolute Gasteiger partial charge is 0.378 e. The van der Waals surface area contributed by atoms with Gasteiger partial charge < -0.3 is 20.3 Å². The van der Waals surface area contributed by atoms with E-state index in [9.17, 15) is 4.79 Å². The Morgan fingerprint density at radius 2 is 1.62 bits per heavy atom. The summed E-state index contributed by atoms with van der Waals surface area (Å²) in [4.78, 5) is 17.3. The van der Waals surface area contributed by atoms with E-state index >= 15 is 0 Å². The SMILES string of the molecule is Cl.Cl.NC[C@@H]1CN(C(=O)c2ccc(N3CCOCC3)cc2)C[C@H]1c1ccccc1. The average Bonchev–Trinajstić information content (AvgIpc) is 3.19. The molecule has 0 radical (unpaired) electrons. The monoisotopic (exact) mass is 437 g/mol. The van der Waals surface area contributed by atoms with Crippen molar-refractivity contribution < 1.29 is 9.53 Å². The Morgan fingerprint density at radius 3 is 2.24 bits per heavy atom. The molecule has 1 amide bonds. The highest BCUT2D eigenvalue weighted by atomic mass is 35.5. The molecule has 7 heteroatoms. The van der Waals surface area contributed by atoms with Crippen molar-refractivity contribution in [2.75, 3.05) is 50.8 Å². The quantitative estimate of drug-likeness (QED) is 0.797. The number of nitrogens with zero attached hydrogens (tertiary/aromatic N) is 2. The van der Waals surface area contributed by atoms with Gasteiger partial charge in [-0.2, -0.15) is 0 Å². The van der Waals surface area contributed by atoms with Gasteiger partial charge in [-0.05, 0) is 42.3 Å². The maximum Gasteiger partial charge on any atom is 0.253 e. The molecular weight excluding hydrogens is 409 g/mol. The molecule has 2 aromatic rings. The maximum atomic E-state index is 13.0. The minimum Gasteiger partial charge on any atom is -0.378 e. The van der Waals surface area contributed by atoms with Crippen LogP contribution in [0.3, 0.4) is 0 Å². The van der Waals surface area contributed by atoms with E-state index in [0.29, 0.717) is 18.4 Å². The van der Waals surface area contributed by atoms with Gasteiger partial charge in [0, 0.05) is 43.3 Å². The van der Waals surface area contributed by atoms with Gasteiger partial charge in [-0.1, -0.05) is 30.3 Å². The zero-order chi connectivity index (χ0) is 18.6. The molecule has 0 unspecified atom stereocenters. The van der Waals surface area contributed by atoms with Crippen molar-refractivity contribution in [1.82, 2.24) is 4.90 Å². The van der Waals surface area contributed by atoms with Crippen molar-refractivity contribution in [2.45, 2.75) is 5.92 Å². The molecule has 2 aliphatic rings. The maximum absolute atomic E-state index is 13.0. The molecule has 0 bridgehead atoms. The molecule has 0 saturated carbocycles. The summed E-state index contributed by atoms with van der Waals surface area (Å²) in [6, 6.07) is 18.4. The lowest BCUT2D eigenvalue weighted by molar-refractivity contribution is 0.0786. The molecule has 2 aliphatic heterocycles. The number of ether oxygens (including phenoxy) is 1. The van der Waals surface area contributed by atoms with Crippen LogP contribution in [0.15, 0.2) is 54.6 Å². The van der Waals surface area contributed by atoms with E-state index in [1.54, 1.807) is 0 Å². The third-order valence-electron chi connectivity index (χ3n) is 5.75. The van der Waals surface area contributed by atoms with Gasteiger partial charge in [0.1, 0.15) is 0 Å². The molecule has 2 atom stereocenters. The van der Waals surface area contributed by atoms with Crippen LogP contribution in [0.4, 0.5) is 5.69 Å². The molecule has 2 heterocycles. The van der Waals surface area contributed by atoms with Gasteiger partial charge in [0.25, 0.3) is 5.91 Å². The summed E-state index contributed by atoms with van der Waals surface area (Å²) in [6.07, 6.45) is 0. The zero-order valence-corrected chi connectivity index (χ0v) is 18.0. The van der Waals surface area contributed by atoms with Crippen molar-refractivity contribution in [3.63, 3.8) is 0 Å². The minimum absolute atomic E-state index is 0. The smallest absolute Gasteiger partial charge is 0.253 e. The Balaban J connectivity index is 0.00000150. The number of benzene rings is 2. The van der Waals surface area contributed by atoms with Gasteiger partial charge in [0.05, 0.1) is 13.2 Å². The van der Waals surface area contributed by atoms with Gasteiger partial charge in [-0.3, -0.25) is 4.79 Å². The first-order chi connectivity index (χ1) is 13.3. The van der Waals surface area contributed by atoms with Gasteiger partial charge in [0.2, 0.25) is 0 Å². The van der Waals surface area contributed by atoms with Crippen LogP contribution >= 0.6 is 24.8 Å². The summed E-state index contributed by atoms with van der Waals surface area (Å²) in [7, 11) is 0. The Bertz CT molecular complexity index is 767. The van der Waals surface area contributed by atoms with Crippen LogP contribution in [-0.2, 0) is 4.74 Å². The van der Waals surface area contributed by atoms with Crippen LogP contribution in [0, 0.1) is 5.92 Å². The fraction of sp³-hybridized carbons (Fsp3) is 0.409.